The van der Waals surface area contributed by atoms with Gasteiger partial charge in [0.25, 0.3) is 0 Å². The summed E-state index contributed by atoms with van der Waals surface area (Å²) in [6, 6.07) is 13.0. The van der Waals surface area contributed by atoms with E-state index in [0.717, 1.165) is 11.1 Å². The average molecular weight is 324 g/mol. The molecule has 0 atom stereocenters. The molecule has 23 heavy (non-hydrogen) atoms. The third-order valence-corrected chi connectivity index (χ3v) is 2.99. The van der Waals surface area contributed by atoms with Crippen LogP contribution in [0.3, 0.4) is 0 Å². The van der Waals surface area contributed by atoms with Crippen LogP contribution >= 0.6 is 0 Å². The summed E-state index contributed by atoms with van der Waals surface area (Å²) in [4.78, 5) is 10.3. The van der Waals surface area contributed by atoms with Crippen LogP contribution in [0.2, 0.25) is 0 Å². The quantitative estimate of drug-likeness (QED) is 0.767. The van der Waals surface area contributed by atoms with E-state index in [2.05, 4.69) is 15.4 Å². The molecule has 4 nitrogen and oxygen atoms in total. The average Bonchev–Trinajstić information content (AvgIpc) is 2.50. The number of nitrogens with one attached hydrogen (secondary N) is 2. The Bertz CT molecular complexity index is 625. The fourth-order valence-electron chi connectivity index (χ4n) is 1.95. The van der Waals surface area contributed by atoms with Crippen molar-refractivity contribution in [1.29, 1.82) is 0 Å². The minimum absolute atomic E-state index is 0.237. The van der Waals surface area contributed by atoms with Gasteiger partial charge >= 0.3 is 6.36 Å². The highest BCUT2D eigenvalue weighted by Crippen LogP contribution is 2.22. The number of carbonyl (C=O) groups is 1. The molecule has 0 unspecified atom stereocenters. The van der Waals surface area contributed by atoms with E-state index in [1.807, 2.05) is 12.1 Å². The highest BCUT2D eigenvalue weighted by Gasteiger charge is 2.30. The van der Waals surface area contributed by atoms with Gasteiger partial charge in [0.1, 0.15) is 5.75 Å². The maximum absolute atomic E-state index is 12.1. The summed E-state index contributed by atoms with van der Waals surface area (Å²) in [5, 5.41) is 5.73. The van der Waals surface area contributed by atoms with Crippen molar-refractivity contribution in [2.24, 2.45) is 0 Å². The molecular formula is C16H15F3N2O2. The second-order valence-corrected chi connectivity index (χ2v) is 4.75. The van der Waals surface area contributed by atoms with E-state index in [0.29, 0.717) is 25.2 Å². The van der Waals surface area contributed by atoms with Gasteiger partial charge in [-0.3, -0.25) is 4.79 Å². The second-order valence-electron chi connectivity index (χ2n) is 4.75. The molecule has 2 N–H and O–H groups in total. The minimum Gasteiger partial charge on any atom is -0.406 e. The summed E-state index contributed by atoms with van der Waals surface area (Å²) in [6.07, 6.45) is -4.07. The number of hydrogen-bond donors (Lipinski definition) is 2. The molecule has 2 aromatic rings. The first-order chi connectivity index (χ1) is 11.0. The number of amides is 1. The standard InChI is InChI=1S/C16H15F3N2O2/c17-16(18,19)23-15-7-3-13(4-8-15)10-20-9-12-1-5-14(6-2-12)21-11-22/h1-8,11,20H,9-10H2,(H,21,22). The molecule has 0 saturated heterocycles. The highest BCUT2D eigenvalue weighted by molar-refractivity contribution is 5.70. The van der Waals surface area contributed by atoms with Gasteiger partial charge in [-0.25, -0.2) is 0 Å². The van der Waals surface area contributed by atoms with E-state index in [-0.39, 0.29) is 5.75 Å². The Balaban J connectivity index is 1.80. The van der Waals surface area contributed by atoms with Crippen LogP contribution < -0.4 is 15.4 Å². The second kappa shape index (κ2) is 7.64. The molecule has 0 radical (unpaired) electrons. The molecule has 2 rings (SSSR count). The molecule has 2 aromatic carbocycles. The van der Waals surface area contributed by atoms with E-state index >= 15 is 0 Å². The minimum atomic E-state index is -4.68. The number of rotatable bonds is 7. The van der Waals surface area contributed by atoms with Crippen molar-refractivity contribution in [3.8, 4) is 5.75 Å². The summed E-state index contributed by atoms with van der Waals surface area (Å²) in [7, 11) is 0. The summed E-state index contributed by atoms with van der Waals surface area (Å²) >= 11 is 0. The number of carbonyl (C=O) groups excluding carboxylic acids is 1. The van der Waals surface area contributed by atoms with Crippen molar-refractivity contribution < 1.29 is 22.7 Å². The van der Waals surface area contributed by atoms with Crippen LogP contribution in [-0.4, -0.2) is 12.8 Å². The monoisotopic (exact) mass is 324 g/mol. The molecule has 1 amide bonds. The molecule has 0 aliphatic carbocycles. The summed E-state index contributed by atoms with van der Waals surface area (Å²) < 4.78 is 40.0. The molecule has 7 heteroatoms. The normalized spacial score (nSPS) is 11.1. The van der Waals surface area contributed by atoms with Crippen LogP contribution in [0.25, 0.3) is 0 Å². The zero-order valence-corrected chi connectivity index (χ0v) is 12.1. The maximum Gasteiger partial charge on any atom is 0.573 e. The number of alkyl halides is 3. The summed E-state index contributed by atoms with van der Waals surface area (Å²) in [6.45, 7) is 1.11. The van der Waals surface area contributed by atoms with Crippen molar-refractivity contribution in [2.75, 3.05) is 5.32 Å². The molecule has 0 aliphatic heterocycles. The van der Waals surface area contributed by atoms with Crippen LogP contribution in [0, 0.1) is 0 Å². The molecule has 0 spiro atoms. The molecular weight excluding hydrogens is 309 g/mol. The van der Waals surface area contributed by atoms with E-state index in [4.69, 9.17) is 0 Å². The maximum atomic E-state index is 12.1. The fraction of sp³-hybridized carbons (Fsp3) is 0.188. The van der Waals surface area contributed by atoms with Gasteiger partial charge in [-0.15, -0.1) is 13.2 Å². The zero-order valence-electron chi connectivity index (χ0n) is 12.1. The largest absolute Gasteiger partial charge is 0.573 e. The van der Waals surface area contributed by atoms with Gasteiger partial charge in [-0.05, 0) is 35.4 Å². The molecule has 0 saturated carbocycles. The fourth-order valence-corrected chi connectivity index (χ4v) is 1.95. The third-order valence-electron chi connectivity index (χ3n) is 2.99. The van der Waals surface area contributed by atoms with Gasteiger partial charge < -0.3 is 15.4 Å². The molecule has 0 heterocycles. The van der Waals surface area contributed by atoms with Gasteiger partial charge in [-0.2, -0.15) is 0 Å². The van der Waals surface area contributed by atoms with Gasteiger partial charge in [0.2, 0.25) is 6.41 Å². The number of benzene rings is 2. The first kappa shape index (κ1) is 16.8. The molecule has 0 aromatic heterocycles. The number of halogens is 3. The van der Waals surface area contributed by atoms with Gasteiger partial charge in [0.15, 0.2) is 0 Å². The zero-order chi connectivity index (χ0) is 16.7. The lowest BCUT2D eigenvalue weighted by molar-refractivity contribution is -0.274. The topological polar surface area (TPSA) is 50.4 Å². The van der Waals surface area contributed by atoms with Gasteiger partial charge in [0, 0.05) is 18.8 Å². The smallest absolute Gasteiger partial charge is 0.406 e. The van der Waals surface area contributed by atoms with E-state index in [9.17, 15) is 18.0 Å². The highest BCUT2D eigenvalue weighted by atomic mass is 19.4. The summed E-state index contributed by atoms with van der Waals surface area (Å²) in [5.74, 6) is -0.237. The van der Waals surface area contributed by atoms with Crippen LogP contribution in [0.1, 0.15) is 11.1 Å². The number of ether oxygens (including phenoxy) is 1. The third kappa shape index (κ3) is 5.99. The van der Waals surface area contributed by atoms with Gasteiger partial charge in [0.05, 0.1) is 0 Å². The lowest BCUT2D eigenvalue weighted by Crippen LogP contribution is -2.17. The van der Waals surface area contributed by atoms with Crippen LogP contribution in [-0.2, 0) is 17.9 Å². The Kier molecular flexibility index (Phi) is 5.59. The molecule has 122 valence electrons. The lowest BCUT2D eigenvalue weighted by atomic mass is 10.2. The van der Waals surface area contributed by atoms with Crippen molar-refractivity contribution >= 4 is 12.1 Å². The SMILES string of the molecule is O=CNc1ccc(CNCc2ccc(OC(F)(F)F)cc2)cc1. The first-order valence-electron chi connectivity index (χ1n) is 6.81. The molecule has 0 fully saturated rings. The van der Waals surface area contributed by atoms with Crippen LogP contribution in [0.15, 0.2) is 48.5 Å². The summed E-state index contributed by atoms with van der Waals surface area (Å²) in [5.41, 5.74) is 2.58. The van der Waals surface area contributed by atoms with Crippen molar-refractivity contribution in [2.45, 2.75) is 19.5 Å². The Labute approximate surface area is 131 Å². The predicted octanol–water partition coefficient (Wildman–Crippen LogP) is 3.44. The Morgan fingerprint density at radius 3 is 1.91 bits per heavy atom. The Morgan fingerprint density at radius 1 is 0.913 bits per heavy atom. The first-order valence-corrected chi connectivity index (χ1v) is 6.81. The lowest BCUT2D eigenvalue weighted by Gasteiger charge is -2.10. The van der Waals surface area contributed by atoms with Crippen molar-refractivity contribution in [3.05, 3.63) is 59.7 Å². The van der Waals surface area contributed by atoms with E-state index < -0.39 is 6.36 Å². The van der Waals surface area contributed by atoms with E-state index in [1.54, 1.807) is 24.3 Å². The number of hydrogen-bond acceptors (Lipinski definition) is 3. The number of anilines is 1. The molecule has 0 aliphatic rings. The van der Waals surface area contributed by atoms with E-state index in [1.165, 1.54) is 12.1 Å². The van der Waals surface area contributed by atoms with Gasteiger partial charge in [-0.1, -0.05) is 24.3 Å². The van der Waals surface area contributed by atoms with Crippen molar-refractivity contribution in [3.63, 3.8) is 0 Å². The van der Waals surface area contributed by atoms with Crippen molar-refractivity contribution in [1.82, 2.24) is 5.32 Å². The van der Waals surface area contributed by atoms with Crippen LogP contribution in [0.5, 0.6) is 5.75 Å². The molecule has 0 bridgehead atoms. The Hall–Kier alpha value is -2.54. The van der Waals surface area contributed by atoms with Crippen LogP contribution in [0.4, 0.5) is 18.9 Å². The predicted molar refractivity (Wildman–Crippen MR) is 79.8 cm³/mol. The Morgan fingerprint density at radius 2 is 1.43 bits per heavy atom.